The number of aromatic hydroxyl groups is 1. The lowest BCUT2D eigenvalue weighted by Gasteiger charge is -2.08. The van der Waals surface area contributed by atoms with Crippen molar-refractivity contribution < 1.29 is 23.5 Å². The van der Waals surface area contributed by atoms with E-state index < -0.39 is 23.3 Å². The number of fused-ring (bicyclic) bond motifs is 1. The molecule has 0 aliphatic rings. The molecule has 0 saturated carbocycles. The van der Waals surface area contributed by atoms with Crippen LogP contribution < -0.4 is 5.32 Å². The number of aromatic nitrogens is 2. The zero-order valence-electron chi connectivity index (χ0n) is 16.1. The van der Waals surface area contributed by atoms with E-state index in [4.69, 9.17) is 23.2 Å². The highest BCUT2D eigenvalue weighted by molar-refractivity contribution is 6.50. The second-order valence-electron chi connectivity index (χ2n) is 6.81. The predicted octanol–water partition coefficient (Wildman–Crippen LogP) is 5.20. The first kappa shape index (κ1) is 21.7. The first-order chi connectivity index (χ1) is 15.3. The number of phenols is 1. The SMILES string of the molecule is O=C(Nc1c(Cl)cncc1Cl)C(=O)c1cn(Cc2c(F)cccc2F)c2c(O)cccc12. The lowest BCUT2D eigenvalue weighted by atomic mass is 10.1. The van der Waals surface area contributed by atoms with E-state index in [1.165, 1.54) is 47.4 Å². The third-order valence-corrected chi connectivity index (χ3v) is 5.38. The molecule has 2 aromatic heterocycles. The Hall–Kier alpha value is -3.49. The summed E-state index contributed by atoms with van der Waals surface area (Å²) in [5.74, 6) is -3.79. The second-order valence-corrected chi connectivity index (χ2v) is 7.62. The van der Waals surface area contributed by atoms with E-state index >= 15 is 0 Å². The van der Waals surface area contributed by atoms with Crippen molar-refractivity contribution in [2.24, 2.45) is 0 Å². The Bertz CT molecular complexity index is 1350. The quantitative estimate of drug-likeness (QED) is 0.307. The van der Waals surface area contributed by atoms with Gasteiger partial charge in [0.05, 0.1) is 33.4 Å². The molecule has 0 unspecified atom stereocenters. The van der Waals surface area contributed by atoms with Crippen LogP contribution in [0.4, 0.5) is 14.5 Å². The van der Waals surface area contributed by atoms with Crippen LogP contribution in [0.15, 0.2) is 55.0 Å². The molecule has 0 aliphatic heterocycles. The second kappa shape index (κ2) is 8.57. The summed E-state index contributed by atoms with van der Waals surface area (Å²) >= 11 is 12.0. The molecule has 0 radical (unpaired) electrons. The Kier molecular flexibility index (Phi) is 5.82. The highest BCUT2D eigenvalue weighted by Crippen LogP contribution is 2.32. The number of pyridine rings is 1. The summed E-state index contributed by atoms with van der Waals surface area (Å²) in [7, 11) is 0. The van der Waals surface area contributed by atoms with E-state index in [0.717, 1.165) is 12.1 Å². The van der Waals surface area contributed by atoms with E-state index in [0.29, 0.717) is 0 Å². The summed E-state index contributed by atoms with van der Waals surface area (Å²) in [6, 6.07) is 7.79. The van der Waals surface area contributed by atoms with Gasteiger partial charge in [0.1, 0.15) is 17.4 Å². The molecule has 1 amide bonds. The van der Waals surface area contributed by atoms with Gasteiger partial charge in [-0.15, -0.1) is 0 Å². The Morgan fingerprint density at radius 2 is 1.66 bits per heavy atom. The third-order valence-electron chi connectivity index (χ3n) is 4.81. The van der Waals surface area contributed by atoms with Gasteiger partial charge in [0.25, 0.3) is 11.7 Å². The van der Waals surface area contributed by atoms with Crippen molar-refractivity contribution in [1.29, 1.82) is 0 Å². The lowest BCUT2D eigenvalue weighted by molar-refractivity contribution is -0.112. The molecular formula is C22H13Cl2F2N3O3. The van der Waals surface area contributed by atoms with Crippen LogP contribution in [0.1, 0.15) is 15.9 Å². The molecular weight excluding hydrogens is 463 g/mol. The molecule has 32 heavy (non-hydrogen) atoms. The summed E-state index contributed by atoms with van der Waals surface area (Å²) in [6.45, 7) is -0.316. The Morgan fingerprint density at radius 3 is 2.31 bits per heavy atom. The summed E-state index contributed by atoms with van der Waals surface area (Å²) in [6.07, 6.45) is 3.76. The van der Waals surface area contributed by atoms with Crippen molar-refractivity contribution in [3.05, 3.63) is 87.8 Å². The Morgan fingerprint density at radius 1 is 1.03 bits per heavy atom. The largest absolute Gasteiger partial charge is 0.506 e. The number of ketones is 1. The van der Waals surface area contributed by atoms with Crippen LogP contribution in [0, 0.1) is 11.6 Å². The molecule has 162 valence electrons. The fourth-order valence-corrected chi connectivity index (χ4v) is 3.78. The summed E-state index contributed by atoms with van der Waals surface area (Å²) in [5, 5.41) is 13.0. The van der Waals surface area contributed by atoms with Crippen molar-refractivity contribution in [3.63, 3.8) is 0 Å². The number of hydrogen-bond acceptors (Lipinski definition) is 4. The highest BCUT2D eigenvalue weighted by Gasteiger charge is 2.25. The van der Waals surface area contributed by atoms with Gasteiger partial charge >= 0.3 is 0 Å². The molecule has 0 aliphatic carbocycles. The van der Waals surface area contributed by atoms with Crippen molar-refractivity contribution in [3.8, 4) is 5.75 Å². The monoisotopic (exact) mass is 475 g/mol. The number of para-hydroxylation sites is 1. The minimum Gasteiger partial charge on any atom is -0.506 e. The minimum atomic E-state index is -1.04. The third kappa shape index (κ3) is 3.90. The average molecular weight is 476 g/mol. The number of amides is 1. The first-order valence-corrected chi connectivity index (χ1v) is 9.92. The van der Waals surface area contributed by atoms with Gasteiger partial charge in [0, 0.05) is 29.5 Å². The number of benzene rings is 2. The van der Waals surface area contributed by atoms with Gasteiger partial charge in [-0.2, -0.15) is 0 Å². The summed E-state index contributed by atoms with van der Waals surface area (Å²) < 4.78 is 29.6. The fourth-order valence-electron chi connectivity index (χ4n) is 3.32. The molecule has 6 nitrogen and oxygen atoms in total. The number of carbonyl (C=O) groups is 2. The van der Waals surface area contributed by atoms with Gasteiger partial charge in [-0.3, -0.25) is 14.6 Å². The van der Waals surface area contributed by atoms with Crippen LogP contribution in [0.25, 0.3) is 10.9 Å². The number of phenolic OH excluding ortho intramolecular Hbond substituents is 1. The normalized spacial score (nSPS) is 11.0. The topological polar surface area (TPSA) is 84.2 Å². The molecule has 4 rings (SSSR count). The number of rotatable bonds is 5. The zero-order chi connectivity index (χ0) is 23.0. The number of carbonyl (C=O) groups excluding carboxylic acids is 2. The Balaban J connectivity index is 1.76. The number of Topliss-reactive ketones (excluding diaryl/α,β-unsaturated/α-hetero) is 1. The van der Waals surface area contributed by atoms with E-state index in [9.17, 15) is 23.5 Å². The molecule has 2 aromatic carbocycles. The van der Waals surface area contributed by atoms with Gasteiger partial charge < -0.3 is 15.0 Å². The van der Waals surface area contributed by atoms with Gasteiger partial charge in [-0.05, 0) is 18.2 Å². The van der Waals surface area contributed by atoms with Crippen molar-refractivity contribution in [2.75, 3.05) is 5.32 Å². The maximum atomic E-state index is 14.2. The number of nitrogens with one attached hydrogen (secondary N) is 1. The smallest absolute Gasteiger partial charge is 0.296 e. The molecule has 4 aromatic rings. The number of anilines is 1. The van der Waals surface area contributed by atoms with Crippen LogP contribution in [0.2, 0.25) is 10.0 Å². The van der Waals surface area contributed by atoms with Crippen molar-refractivity contribution >= 4 is 51.5 Å². The van der Waals surface area contributed by atoms with Crippen LogP contribution in [-0.4, -0.2) is 26.3 Å². The maximum absolute atomic E-state index is 14.2. The Labute approximate surface area is 190 Å². The molecule has 10 heteroatoms. The molecule has 2 N–H and O–H groups in total. The van der Waals surface area contributed by atoms with Gasteiger partial charge in [0.2, 0.25) is 0 Å². The van der Waals surface area contributed by atoms with E-state index in [1.54, 1.807) is 0 Å². The van der Waals surface area contributed by atoms with E-state index in [2.05, 4.69) is 10.3 Å². The predicted molar refractivity (Wildman–Crippen MR) is 116 cm³/mol. The zero-order valence-corrected chi connectivity index (χ0v) is 17.6. The van der Waals surface area contributed by atoms with Gasteiger partial charge in [-0.25, -0.2) is 8.78 Å². The summed E-state index contributed by atoms with van der Waals surface area (Å²) in [5.41, 5.74) is -0.175. The standard InChI is InChI=1S/C22H13Cl2F2N3O3/c23-14-7-27-8-15(24)19(14)28-22(32)21(31)12-9-29(20-11(12)3-1-6-18(20)30)10-13-16(25)4-2-5-17(13)26/h1-9,30H,10H2,(H,27,28,32). The first-order valence-electron chi connectivity index (χ1n) is 9.16. The molecule has 0 fully saturated rings. The van der Waals surface area contributed by atoms with Gasteiger partial charge in [-0.1, -0.05) is 41.4 Å². The highest BCUT2D eigenvalue weighted by atomic mass is 35.5. The maximum Gasteiger partial charge on any atom is 0.296 e. The van der Waals surface area contributed by atoms with Crippen LogP contribution in [0.5, 0.6) is 5.75 Å². The van der Waals surface area contributed by atoms with Crippen LogP contribution >= 0.6 is 23.2 Å². The minimum absolute atomic E-state index is 0.0155. The number of hydrogen-bond donors (Lipinski definition) is 2. The van der Waals surface area contributed by atoms with Crippen LogP contribution in [-0.2, 0) is 11.3 Å². The number of nitrogens with zero attached hydrogens (tertiary/aromatic N) is 2. The molecule has 0 saturated heterocycles. The summed E-state index contributed by atoms with van der Waals surface area (Å²) in [4.78, 5) is 29.3. The van der Waals surface area contributed by atoms with Crippen LogP contribution in [0.3, 0.4) is 0 Å². The lowest BCUT2D eigenvalue weighted by Crippen LogP contribution is -2.23. The van der Waals surface area contributed by atoms with Crippen molar-refractivity contribution in [1.82, 2.24) is 9.55 Å². The van der Waals surface area contributed by atoms with Gasteiger partial charge in [0.15, 0.2) is 0 Å². The molecule has 0 atom stereocenters. The molecule has 2 heterocycles. The van der Waals surface area contributed by atoms with E-state index in [1.807, 2.05) is 0 Å². The molecule has 0 spiro atoms. The average Bonchev–Trinajstić information content (AvgIpc) is 3.12. The molecule has 0 bridgehead atoms. The van der Waals surface area contributed by atoms with E-state index in [-0.39, 0.29) is 50.1 Å². The fraction of sp³-hybridized carbons (Fsp3) is 0.0455. The van der Waals surface area contributed by atoms with Crippen molar-refractivity contribution in [2.45, 2.75) is 6.54 Å². The number of halogens is 4.